The van der Waals surface area contributed by atoms with Gasteiger partial charge in [-0.3, -0.25) is 0 Å². The van der Waals surface area contributed by atoms with E-state index < -0.39 is 0 Å². The van der Waals surface area contributed by atoms with Crippen LogP contribution in [-0.2, 0) is 6.42 Å². The van der Waals surface area contributed by atoms with Crippen LogP contribution in [0.3, 0.4) is 0 Å². The van der Waals surface area contributed by atoms with E-state index in [4.69, 9.17) is 0 Å². The van der Waals surface area contributed by atoms with Gasteiger partial charge in [0.2, 0.25) is 11.2 Å². The molecule has 3 nitrogen and oxygen atoms in total. The lowest BCUT2D eigenvalue weighted by atomic mass is 9.89. The zero-order chi connectivity index (χ0) is 33.5. The normalized spacial score (nSPS) is 13.5. The summed E-state index contributed by atoms with van der Waals surface area (Å²) >= 11 is 4.32. The molecule has 10 rings (SSSR count). The number of benzene rings is 6. The molecule has 9 aromatic rings. The van der Waals surface area contributed by atoms with Gasteiger partial charge in [-0.2, -0.15) is 4.57 Å². The molecule has 5 heteroatoms. The van der Waals surface area contributed by atoms with Crippen LogP contribution in [0.1, 0.15) is 22.3 Å². The van der Waals surface area contributed by atoms with Crippen LogP contribution in [0.25, 0.3) is 64.9 Å². The molecule has 0 amide bonds. The van der Waals surface area contributed by atoms with Gasteiger partial charge in [-0.25, -0.2) is 0 Å². The largest absolute Gasteiger partial charge is 0.354 e. The Morgan fingerprint density at radius 3 is 2.18 bits per heavy atom. The summed E-state index contributed by atoms with van der Waals surface area (Å²) in [4.78, 5) is 2.39. The van der Waals surface area contributed by atoms with Gasteiger partial charge in [0.05, 0.1) is 22.8 Å². The second kappa shape index (κ2) is 11.5. The molecule has 0 bridgehead atoms. The standard InChI is InChI=1S/C45H32IN3S/c1-28-15-16-30(37(22-28)39-23-29(2)19-21-48(39)46)24-34-25-31-17-18-40-44-42(31)45-36(14-9-20-47(34)45)38-26-35(27-41(50-40)43(38)44)49(32-10-5-3-6-11-32)33-12-7-4-8-13-33/h3-24,26-27H,25H2,1-2H3/q+2. The maximum absolute atomic E-state index is 2.47. The van der Waals surface area contributed by atoms with E-state index in [2.05, 4.69) is 195 Å². The van der Waals surface area contributed by atoms with E-state index in [1.165, 1.54) is 86.7 Å². The Hall–Kier alpha value is -5.11. The summed E-state index contributed by atoms with van der Waals surface area (Å²) in [6.45, 7) is 4.35. The van der Waals surface area contributed by atoms with Crippen LogP contribution in [0.4, 0.5) is 17.1 Å². The van der Waals surface area contributed by atoms with Gasteiger partial charge in [-0.1, -0.05) is 60.2 Å². The van der Waals surface area contributed by atoms with Gasteiger partial charge in [-0.05, 0) is 90.5 Å². The number of anilines is 3. The number of para-hydroxylation sites is 2. The summed E-state index contributed by atoms with van der Waals surface area (Å²) in [5.41, 5.74) is 13.7. The number of fused-ring (bicyclic) bond motifs is 1. The van der Waals surface area contributed by atoms with Gasteiger partial charge >= 0.3 is 22.9 Å². The molecule has 4 heterocycles. The van der Waals surface area contributed by atoms with Gasteiger partial charge in [0.25, 0.3) is 0 Å². The lowest BCUT2D eigenvalue weighted by Crippen LogP contribution is -2.36. The molecule has 0 unspecified atom stereocenters. The Labute approximate surface area is 308 Å². The van der Waals surface area contributed by atoms with E-state index in [-0.39, 0.29) is 0 Å². The number of nitrogens with zero attached hydrogens (tertiary/aromatic N) is 3. The Morgan fingerprint density at radius 1 is 0.640 bits per heavy atom. The molecule has 0 N–H and O–H groups in total. The summed E-state index contributed by atoms with van der Waals surface area (Å²) < 4.78 is 7.36. The van der Waals surface area contributed by atoms with E-state index >= 15 is 0 Å². The van der Waals surface area contributed by atoms with Gasteiger partial charge in [0.1, 0.15) is 0 Å². The minimum absolute atomic E-state index is 0.873. The first-order valence-electron chi connectivity index (χ1n) is 17.0. The number of halogens is 1. The highest BCUT2D eigenvalue weighted by molar-refractivity contribution is 14.1. The van der Waals surface area contributed by atoms with Gasteiger partial charge in [-0.15, -0.1) is 14.1 Å². The minimum atomic E-state index is 0.873. The van der Waals surface area contributed by atoms with Crippen LogP contribution in [0, 0.1) is 13.8 Å². The van der Waals surface area contributed by atoms with Crippen molar-refractivity contribution in [2.24, 2.45) is 0 Å². The second-order valence-corrected chi connectivity index (χ2v) is 15.5. The van der Waals surface area contributed by atoms with Crippen LogP contribution in [0.5, 0.6) is 0 Å². The summed E-state index contributed by atoms with van der Waals surface area (Å²) in [5, 5.41) is 6.79. The first-order valence-corrected chi connectivity index (χ1v) is 18.8. The van der Waals surface area contributed by atoms with Crippen molar-refractivity contribution in [1.82, 2.24) is 0 Å². The molecule has 0 atom stereocenters. The molecule has 0 radical (unpaired) electrons. The molecular formula is C45H32IN3S+2. The Balaban J connectivity index is 1.25. The molecule has 1 aliphatic heterocycles. The van der Waals surface area contributed by atoms with Crippen molar-refractivity contribution >= 4 is 105 Å². The zero-order valence-corrected chi connectivity index (χ0v) is 30.7. The quantitative estimate of drug-likeness (QED) is 0.0963. The summed E-state index contributed by atoms with van der Waals surface area (Å²) in [6, 6.07) is 46.9. The van der Waals surface area contributed by atoms with E-state index in [1.807, 2.05) is 11.3 Å². The molecule has 3 aromatic heterocycles. The van der Waals surface area contributed by atoms with Crippen LogP contribution in [-0.4, -0.2) is 0 Å². The third-order valence-electron chi connectivity index (χ3n) is 10.2. The number of aryl methyl sites for hydroxylation is 2. The van der Waals surface area contributed by atoms with E-state index in [9.17, 15) is 0 Å². The van der Waals surface area contributed by atoms with Gasteiger partial charge in [0.15, 0.2) is 18.1 Å². The summed E-state index contributed by atoms with van der Waals surface area (Å²) in [6.07, 6.45) is 7.71. The molecule has 1 aliphatic rings. The topological polar surface area (TPSA) is 11.0 Å². The predicted molar refractivity (Wildman–Crippen MR) is 219 cm³/mol. The van der Waals surface area contributed by atoms with Crippen LogP contribution in [0.15, 0.2) is 140 Å². The molecule has 0 fully saturated rings. The van der Waals surface area contributed by atoms with E-state index in [0.29, 0.717) is 0 Å². The van der Waals surface area contributed by atoms with Crippen LogP contribution >= 0.6 is 34.2 Å². The van der Waals surface area contributed by atoms with Crippen LogP contribution in [0.2, 0.25) is 0 Å². The average Bonchev–Trinajstić information content (AvgIpc) is 3.53. The summed E-state index contributed by atoms with van der Waals surface area (Å²) in [5.74, 6) is 0. The zero-order valence-electron chi connectivity index (χ0n) is 27.7. The number of thiophene rings is 1. The number of aromatic nitrogens is 2. The molecule has 0 spiro atoms. The molecule has 0 saturated heterocycles. The highest BCUT2D eigenvalue weighted by atomic mass is 127. The smallest absolute Gasteiger partial charge is 0.310 e. The molecular weight excluding hydrogens is 741 g/mol. The highest BCUT2D eigenvalue weighted by Crippen LogP contribution is 2.49. The molecule has 6 aromatic carbocycles. The fourth-order valence-corrected chi connectivity index (χ4v) is 9.71. The van der Waals surface area contributed by atoms with E-state index in [1.54, 1.807) is 0 Å². The van der Waals surface area contributed by atoms with E-state index in [0.717, 1.165) is 17.8 Å². The fraction of sp³-hybridized carbons (Fsp3) is 0.0667. The Morgan fingerprint density at radius 2 is 1.40 bits per heavy atom. The second-order valence-electron chi connectivity index (χ2n) is 13.4. The third kappa shape index (κ3) is 4.60. The number of allylic oxidation sites excluding steroid dienone is 1. The Bertz CT molecular complexity index is 2780. The first-order chi connectivity index (χ1) is 24.5. The highest BCUT2D eigenvalue weighted by Gasteiger charge is 2.31. The van der Waals surface area contributed by atoms with Crippen molar-refractivity contribution in [2.75, 3.05) is 4.90 Å². The lowest BCUT2D eigenvalue weighted by molar-refractivity contribution is -0.553. The van der Waals surface area contributed by atoms with Crippen molar-refractivity contribution in [1.29, 1.82) is 0 Å². The minimum Gasteiger partial charge on any atom is -0.310 e. The van der Waals surface area contributed by atoms with Crippen molar-refractivity contribution in [2.45, 2.75) is 20.3 Å². The van der Waals surface area contributed by atoms with Crippen molar-refractivity contribution < 1.29 is 7.35 Å². The maximum atomic E-state index is 2.47. The lowest BCUT2D eigenvalue weighted by Gasteiger charge is -2.26. The summed E-state index contributed by atoms with van der Waals surface area (Å²) in [7, 11) is 0. The fourth-order valence-electron chi connectivity index (χ4n) is 7.98. The average molecular weight is 774 g/mol. The molecule has 50 heavy (non-hydrogen) atoms. The van der Waals surface area contributed by atoms with Crippen LogP contribution < -0.4 is 12.2 Å². The number of hydrogen-bond acceptors (Lipinski definition) is 2. The SMILES string of the molecule is Cc1ccc(/C=C2/Cc3ccc4sc5cc(N(c6ccccc6)c6ccccc6)cc6c7ccc[n+]2c7c3c4c56)c(-c2cc(C)cc[n+]2I)c1. The monoisotopic (exact) mass is 773 g/mol. The van der Waals surface area contributed by atoms with Gasteiger partial charge < -0.3 is 4.90 Å². The third-order valence-corrected chi connectivity index (χ3v) is 12.1. The van der Waals surface area contributed by atoms with Gasteiger partial charge in [0, 0.05) is 61.5 Å². The Kier molecular flexibility index (Phi) is 6.83. The maximum Gasteiger partial charge on any atom is 0.354 e. The number of rotatable bonds is 5. The molecule has 0 aliphatic carbocycles. The van der Waals surface area contributed by atoms with Crippen molar-refractivity contribution in [3.05, 3.63) is 162 Å². The van der Waals surface area contributed by atoms with Crippen molar-refractivity contribution in [3.8, 4) is 11.3 Å². The number of pyridine rings is 2. The molecule has 0 saturated carbocycles. The van der Waals surface area contributed by atoms with Crippen molar-refractivity contribution in [3.63, 3.8) is 0 Å². The first kappa shape index (κ1) is 29.8. The predicted octanol–water partition coefficient (Wildman–Crippen LogP) is 11.9. The molecule has 238 valence electrons. The number of hydrogen-bond donors (Lipinski definition) is 0.